The summed E-state index contributed by atoms with van der Waals surface area (Å²) in [6, 6.07) is 5.22. The summed E-state index contributed by atoms with van der Waals surface area (Å²) in [6.45, 7) is 2.12. The number of hydrogen-bond acceptors (Lipinski definition) is 3. The van der Waals surface area contributed by atoms with Gasteiger partial charge in [0.2, 0.25) is 0 Å². The zero-order valence-corrected chi connectivity index (χ0v) is 9.55. The van der Waals surface area contributed by atoms with Gasteiger partial charge < -0.3 is 0 Å². The molecule has 0 unspecified atom stereocenters. The van der Waals surface area contributed by atoms with E-state index in [1.54, 1.807) is 30.0 Å². The van der Waals surface area contributed by atoms with E-state index >= 15 is 0 Å². The molecule has 0 atom stereocenters. The minimum atomic E-state index is 0.612. The van der Waals surface area contributed by atoms with Crippen molar-refractivity contribution in [2.75, 3.05) is 5.75 Å². The summed E-state index contributed by atoms with van der Waals surface area (Å²) in [5, 5.41) is 0. The number of rotatable bonds is 6. The summed E-state index contributed by atoms with van der Waals surface area (Å²) in [4.78, 5) is 22.4. The Morgan fingerprint density at radius 1 is 1.20 bits per heavy atom. The second kappa shape index (κ2) is 6.40. The van der Waals surface area contributed by atoms with Crippen LogP contribution < -0.4 is 0 Å². The van der Waals surface area contributed by atoms with Crippen LogP contribution in [0.2, 0.25) is 0 Å². The zero-order valence-electron chi connectivity index (χ0n) is 8.73. The SMILES string of the molecule is CCCCSc1c(C=O)cccc1C=O. The van der Waals surface area contributed by atoms with Crippen molar-refractivity contribution in [3.05, 3.63) is 29.3 Å². The van der Waals surface area contributed by atoms with E-state index in [2.05, 4.69) is 6.92 Å². The van der Waals surface area contributed by atoms with Crippen molar-refractivity contribution in [3.63, 3.8) is 0 Å². The summed E-state index contributed by atoms with van der Waals surface area (Å²) in [5.41, 5.74) is 1.22. The Morgan fingerprint density at radius 2 is 1.80 bits per heavy atom. The Hall–Kier alpha value is -1.09. The van der Waals surface area contributed by atoms with E-state index in [1.165, 1.54) is 0 Å². The molecule has 0 heterocycles. The van der Waals surface area contributed by atoms with E-state index in [4.69, 9.17) is 0 Å². The molecular weight excluding hydrogens is 208 g/mol. The molecule has 0 saturated heterocycles. The molecule has 1 rings (SSSR count). The van der Waals surface area contributed by atoms with Crippen LogP contribution in [0.4, 0.5) is 0 Å². The molecule has 80 valence electrons. The van der Waals surface area contributed by atoms with Crippen LogP contribution in [0.15, 0.2) is 23.1 Å². The van der Waals surface area contributed by atoms with Crippen LogP contribution in [0.25, 0.3) is 0 Å². The highest BCUT2D eigenvalue weighted by Gasteiger charge is 2.07. The van der Waals surface area contributed by atoms with Crippen molar-refractivity contribution in [2.24, 2.45) is 0 Å². The smallest absolute Gasteiger partial charge is 0.151 e. The number of thioether (sulfide) groups is 1. The fraction of sp³-hybridized carbons (Fsp3) is 0.333. The Labute approximate surface area is 94.1 Å². The predicted octanol–water partition coefficient (Wildman–Crippen LogP) is 3.20. The fourth-order valence-electron chi connectivity index (χ4n) is 1.24. The molecule has 0 aliphatic heterocycles. The number of unbranched alkanes of at least 4 members (excludes halogenated alkanes) is 1. The van der Waals surface area contributed by atoms with Gasteiger partial charge in [-0.05, 0) is 12.2 Å². The lowest BCUT2D eigenvalue weighted by atomic mass is 10.1. The van der Waals surface area contributed by atoms with Gasteiger partial charge in [0, 0.05) is 16.0 Å². The average molecular weight is 222 g/mol. The topological polar surface area (TPSA) is 34.1 Å². The molecule has 1 aromatic carbocycles. The van der Waals surface area contributed by atoms with Crippen LogP contribution in [0.1, 0.15) is 40.5 Å². The molecule has 0 bridgehead atoms. The van der Waals surface area contributed by atoms with Crippen LogP contribution in [-0.4, -0.2) is 18.3 Å². The number of aldehydes is 2. The normalized spacial score (nSPS) is 9.93. The highest BCUT2D eigenvalue weighted by Crippen LogP contribution is 2.26. The maximum Gasteiger partial charge on any atom is 0.151 e. The average Bonchev–Trinajstić information content (AvgIpc) is 2.29. The van der Waals surface area contributed by atoms with E-state index in [9.17, 15) is 9.59 Å². The molecule has 0 aliphatic rings. The van der Waals surface area contributed by atoms with Crippen molar-refractivity contribution >= 4 is 24.3 Å². The maximum atomic E-state index is 10.8. The van der Waals surface area contributed by atoms with Gasteiger partial charge in [-0.1, -0.05) is 31.5 Å². The first-order valence-electron chi connectivity index (χ1n) is 4.99. The quantitative estimate of drug-likeness (QED) is 0.421. The van der Waals surface area contributed by atoms with Gasteiger partial charge in [-0.25, -0.2) is 0 Å². The third-order valence-electron chi connectivity index (χ3n) is 2.07. The lowest BCUT2D eigenvalue weighted by Gasteiger charge is -2.06. The molecule has 1 aromatic rings. The monoisotopic (exact) mass is 222 g/mol. The first kappa shape index (κ1) is 12.0. The van der Waals surface area contributed by atoms with Gasteiger partial charge in [0.15, 0.2) is 12.6 Å². The molecule has 2 nitrogen and oxygen atoms in total. The van der Waals surface area contributed by atoms with Gasteiger partial charge in [0.1, 0.15) is 0 Å². The summed E-state index contributed by atoms with van der Waals surface area (Å²) in [5.74, 6) is 0.947. The predicted molar refractivity (Wildman–Crippen MR) is 62.8 cm³/mol. The van der Waals surface area contributed by atoms with Gasteiger partial charge in [-0.15, -0.1) is 11.8 Å². The number of carbonyl (C=O) groups is 2. The second-order valence-corrected chi connectivity index (χ2v) is 4.31. The molecule has 3 heteroatoms. The number of benzene rings is 1. The van der Waals surface area contributed by atoms with E-state index in [0.717, 1.165) is 36.1 Å². The first-order valence-corrected chi connectivity index (χ1v) is 5.98. The van der Waals surface area contributed by atoms with E-state index < -0.39 is 0 Å². The van der Waals surface area contributed by atoms with Crippen molar-refractivity contribution < 1.29 is 9.59 Å². The summed E-state index contributed by atoms with van der Waals surface area (Å²) >= 11 is 1.58. The molecule has 0 saturated carbocycles. The standard InChI is InChI=1S/C12H14O2S/c1-2-3-7-15-12-10(8-13)5-4-6-11(12)9-14/h4-6,8-9H,2-3,7H2,1H3. The summed E-state index contributed by atoms with van der Waals surface area (Å²) < 4.78 is 0. The van der Waals surface area contributed by atoms with E-state index in [1.807, 2.05) is 0 Å². The molecule has 0 amide bonds. The van der Waals surface area contributed by atoms with Gasteiger partial charge >= 0.3 is 0 Å². The van der Waals surface area contributed by atoms with Crippen molar-refractivity contribution in [2.45, 2.75) is 24.7 Å². The van der Waals surface area contributed by atoms with Crippen LogP contribution in [0, 0.1) is 0 Å². The fourth-order valence-corrected chi connectivity index (χ4v) is 2.45. The summed E-state index contributed by atoms with van der Waals surface area (Å²) in [6.07, 6.45) is 3.82. The first-order chi connectivity index (χ1) is 7.33. The van der Waals surface area contributed by atoms with Crippen molar-refractivity contribution in [1.29, 1.82) is 0 Å². The largest absolute Gasteiger partial charge is 0.298 e. The van der Waals surface area contributed by atoms with Gasteiger partial charge in [-0.3, -0.25) is 9.59 Å². The lowest BCUT2D eigenvalue weighted by molar-refractivity contribution is 0.112. The van der Waals surface area contributed by atoms with E-state index in [-0.39, 0.29) is 0 Å². The minimum absolute atomic E-state index is 0.612. The molecule has 0 radical (unpaired) electrons. The minimum Gasteiger partial charge on any atom is -0.298 e. The highest BCUT2D eigenvalue weighted by molar-refractivity contribution is 7.99. The maximum absolute atomic E-state index is 10.8. The molecule has 0 fully saturated rings. The molecule has 0 aliphatic carbocycles. The summed E-state index contributed by atoms with van der Waals surface area (Å²) in [7, 11) is 0. The molecule has 0 aromatic heterocycles. The van der Waals surface area contributed by atoms with Crippen LogP contribution in [0.3, 0.4) is 0 Å². The Bertz CT molecular complexity index is 321. The van der Waals surface area contributed by atoms with Crippen LogP contribution in [0.5, 0.6) is 0 Å². The molecule has 0 spiro atoms. The van der Waals surface area contributed by atoms with E-state index in [0.29, 0.717) is 11.1 Å². The third-order valence-corrected chi connectivity index (χ3v) is 3.33. The van der Waals surface area contributed by atoms with Crippen LogP contribution in [-0.2, 0) is 0 Å². The molecular formula is C12H14O2S. The zero-order chi connectivity index (χ0) is 11.1. The van der Waals surface area contributed by atoms with Crippen molar-refractivity contribution in [1.82, 2.24) is 0 Å². The lowest BCUT2D eigenvalue weighted by Crippen LogP contribution is -1.93. The molecule has 15 heavy (non-hydrogen) atoms. The number of hydrogen-bond donors (Lipinski definition) is 0. The second-order valence-electron chi connectivity index (χ2n) is 3.20. The Balaban J connectivity index is 2.89. The third kappa shape index (κ3) is 3.20. The molecule has 0 N–H and O–H groups in total. The Kier molecular flexibility index (Phi) is 5.12. The van der Waals surface area contributed by atoms with Gasteiger partial charge in [0.25, 0.3) is 0 Å². The highest BCUT2D eigenvalue weighted by atomic mass is 32.2. The van der Waals surface area contributed by atoms with Crippen molar-refractivity contribution in [3.8, 4) is 0 Å². The van der Waals surface area contributed by atoms with Gasteiger partial charge in [-0.2, -0.15) is 0 Å². The number of carbonyl (C=O) groups excluding carboxylic acids is 2. The Morgan fingerprint density at radius 3 is 2.27 bits per heavy atom. The van der Waals surface area contributed by atoms with Crippen LogP contribution >= 0.6 is 11.8 Å². The van der Waals surface area contributed by atoms with Gasteiger partial charge in [0.05, 0.1) is 0 Å².